The van der Waals surface area contributed by atoms with Crippen molar-refractivity contribution in [2.45, 2.75) is 19.8 Å². The Labute approximate surface area is 140 Å². The van der Waals surface area contributed by atoms with Gasteiger partial charge in [-0.2, -0.15) is 4.31 Å². The molecular weight excluding hydrogens is 330 g/mol. The zero-order valence-corrected chi connectivity index (χ0v) is 14.9. The van der Waals surface area contributed by atoms with E-state index in [1.54, 1.807) is 18.2 Å². The monoisotopic (exact) mass is 351 g/mol. The van der Waals surface area contributed by atoms with Gasteiger partial charge in [-0.1, -0.05) is 19.9 Å². The lowest BCUT2D eigenvalue weighted by atomic mass is 9.99. The molecule has 0 atom stereocenters. The van der Waals surface area contributed by atoms with E-state index in [4.69, 9.17) is 0 Å². The Bertz CT molecular complexity index is 932. The summed E-state index contributed by atoms with van der Waals surface area (Å²) in [6.45, 7) is 3.73. The van der Waals surface area contributed by atoms with Gasteiger partial charge in [-0.05, 0) is 23.6 Å². The van der Waals surface area contributed by atoms with Crippen LogP contribution >= 0.6 is 0 Å². The van der Waals surface area contributed by atoms with Gasteiger partial charge in [-0.15, -0.1) is 0 Å². The van der Waals surface area contributed by atoms with Crippen LogP contribution in [-0.2, 0) is 14.8 Å². The van der Waals surface area contributed by atoms with Gasteiger partial charge in [-0.25, -0.2) is 8.42 Å². The molecule has 0 unspecified atom stereocenters. The molecule has 8 heteroatoms. The van der Waals surface area contributed by atoms with E-state index >= 15 is 0 Å². The number of nitrogens with one attached hydrogen (secondary N) is 2. The number of likely N-dealkylation sites (N-methyl/N-ethyl adjacent to an activating group) is 1. The Morgan fingerprint density at radius 3 is 2.54 bits per heavy atom. The van der Waals surface area contributed by atoms with E-state index in [2.05, 4.69) is 10.3 Å². The molecule has 130 valence electrons. The summed E-state index contributed by atoms with van der Waals surface area (Å²) in [5.41, 5.74) is 1.85. The molecule has 0 aliphatic carbocycles. The number of pyridine rings is 1. The minimum Gasteiger partial charge on any atom is -0.325 e. The maximum atomic E-state index is 12.0. The quantitative estimate of drug-likeness (QED) is 0.852. The van der Waals surface area contributed by atoms with E-state index < -0.39 is 15.9 Å². The third kappa shape index (κ3) is 4.21. The van der Waals surface area contributed by atoms with Crippen molar-refractivity contribution in [3.63, 3.8) is 0 Å². The van der Waals surface area contributed by atoms with Gasteiger partial charge in [0.1, 0.15) is 0 Å². The van der Waals surface area contributed by atoms with Crippen LogP contribution in [0.4, 0.5) is 5.69 Å². The third-order valence-corrected chi connectivity index (χ3v) is 4.97. The highest BCUT2D eigenvalue weighted by Gasteiger charge is 2.15. The smallest absolute Gasteiger partial charge is 0.248 e. The van der Waals surface area contributed by atoms with E-state index in [0.29, 0.717) is 11.2 Å². The fraction of sp³-hybridized carbons (Fsp3) is 0.375. The Morgan fingerprint density at radius 1 is 1.29 bits per heavy atom. The molecule has 0 aliphatic heterocycles. The molecule has 1 aromatic carbocycles. The second kappa shape index (κ2) is 6.74. The second-order valence-electron chi connectivity index (χ2n) is 6.07. The lowest BCUT2D eigenvalue weighted by Crippen LogP contribution is -2.34. The summed E-state index contributed by atoms with van der Waals surface area (Å²) in [5.74, 6) is -0.261. The zero-order chi connectivity index (χ0) is 18.1. The largest absolute Gasteiger partial charge is 0.325 e. The van der Waals surface area contributed by atoms with Crippen LogP contribution in [0.5, 0.6) is 0 Å². The number of nitrogens with zero attached hydrogens (tertiary/aromatic N) is 1. The summed E-state index contributed by atoms with van der Waals surface area (Å²) in [5, 5.41) is 3.55. The van der Waals surface area contributed by atoms with Gasteiger partial charge in [0.05, 0.1) is 18.3 Å². The Balaban J connectivity index is 2.28. The number of anilines is 1. The predicted octanol–water partition coefficient (Wildman–Crippen LogP) is 1.48. The van der Waals surface area contributed by atoms with Gasteiger partial charge in [0.2, 0.25) is 21.5 Å². The van der Waals surface area contributed by atoms with Crippen molar-refractivity contribution in [3.8, 4) is 0 Å². The summed E-state index contributed by atoms with van der Waals surface area (Å²) >= 11 is 0. The van der Waals surface area contributed by atoms with Crippen molar-refractivity contribution in [1.82, 2.24) is 9.29 Å². The number of sulfonamides is 1. The highest BCUT2D eigenvalue weighted by molar-refractivity contribution is 7.88. The maximum Gasteiger partial charge on any atom is 0.248 e. The molecule has 0 radical (unpaired) electrons. The molecule has 7 nitrogen and oxygen atoms in total. The summed E-state index contributed by atoms with van der Waals surface area (Å²) in [6.07, 6.45) is 1.04. The Hall–Kier alpha value is -2.19. The first-order chi connectivity index (χ1) is 11.1. The van der Waals surface area contributed by atoms with E-state index in [9.17, 15) is 18.0 Å². The SMILES string of the molecule is CC(C)c1cc(=O)[nH]c2cc(NC(=O)CN(C)S(C)(=O)=O)ccc12. The van der Waals surface area contributed by atoms with Crippen LogP contribution in [0.25, 0.3) is 10.9 Å². The summed E-state index contributed by atoms with van der Waals surface area (Å²) in [4.78, 5) is 26.5. The molecule has 1 aromatic heterocycles. The van der Waals surface area contributed by atoms with Crippen molar-refractivity contribution >= 4 is 32.5 Å². The van der Waals surface area contributed by atoms with E-state index in [0.717, 1.165) is 21.5 Å². The summed E-state index contributed by atoms with van der Waals surface area (Å²) < 4.78 is 23.6. The molecule has 0 bridgehead atoms. The maximum absolute atomic E-state index is 12.0. The summed E-state index contributed by atoms with van der Waals surface area (Å²) in [6, 6.07) is 6.80. The van der Waals surface area contributed by atoms with Crippen LogP contribution in [0.15, 0.2) is 29.1 Å². The minimum absolute atomic E-state index is 0.193. The number of amides is 1. The van der Waals surface area contributed by atoms with Crippen LogP contribution in [-0.4, -0.2) is 43.5 Å². The normalized spacial score (nSPS) is 12.1. The number of fused-ring (bicyclic) bond motifs is 1. The van der Waals surface area contributed by atoms with E-state index in [1.165, 1.54) is 7.05 Å². The highest BCUT2D eigenvalue weighted by Crippen LogP contribution is 2.24. The molecule has 1 heterocycles. The molecule has 0 aliphatic rings. The molecule has 0 spiro atoms. The fourth-order valence-corrected chi connectivity index (χ4v) is 2.71. The average molecular weight is 351 g/mol. The topological polar surface area (TPSA) is 99.3 Å². The van der Waals surface area contributed by atoms with Crippen molar-refractivity contribution < 1.29 is 13.2 Å². The number of carbonyl (C=O) groups excluding carboxylic acids is 1. The van der Waals surface area contributed by atoms with Crippen LogP contribution in [0.3, 0.4) is 0 Å². The lowest BCUT2D eigenvalue weighted by Gasteiger charge is -2.14. The first-order valence-electron chi connectivity index (χ1n) is 7.46. The predicted molar refractivity (Wildman–Crippen MR) is 94.8 cm³/mol. The van der Waals surface area contributed by atoms with Gasteiger partial charge < -0.3 is 10.3 Å². The molecule has 0 saturated heterocycles. The number of rotatable bonds is 5. The molecule has 2 N–H and O–H groups in total. The number of hydrogen-bond donors (Lipinski definition) is 2. The molecule has 0 saturated carbocycles. The standard InChI is InChI=1S/C16H21N3O4S/c1-10(2)13-8-15(20)18-14-7-11(5-6-12(13)14)17-16(21)9-19(3)24(4,22)23/h5-8,10H,9H2,1-4H3,(H,17,21)(H,18,20). The molecule has 24 heavy (non-hydrogen) atoms. The molecule has 2 aromatic rings. The fourth-order valence-electron chi connectivity index (χ4n) is 2.36. The Morgan fingerprint density at radius 2 is 1.96 bits per heavy atom. The minimum atomic E-state index is -3.42. The van der Waals surface area contributed by atoms with Gasteiger partial charge in [0.25, 0.3) is 0 Å². The zero-order valence-electron chi connectivity index (χ0n) is 14.1. The number of hydrogen-bond acceptors (Lipinski definition) is 4. The van der Waals surface area contributed by atoms with Crippen molar-refractivity contribution in [2.75, 3.05) is 25.2 Å². The molecule has 0 fully saturated rings. The lowest BCUT2D eigenvalue weighted by molar-refractivity contribution is -0.116. The van der Waals surface area contributed by atoms with Crippen LogP contribution in [0, 0.1) is 0 Å². The van der Waals surface area contributed by atoms with Crippen LogP contribution in [0.2, 0.25) is 0 Å². The van der Waals surface area contributed by atoms with Crippen LogP contribution in [0.1, 0.15) is 25.3 Å². The highest BCUT2D eigenvalue weighted by atomic mass is 32.2. The van der Waals surface area contributed by atoms with Gasteiger partial charge >= 0.3 is 0 Å². The van der Waals surface area contributed by atoms with Crippen LogP contribution < -0.4 is 10.9 Å². The first kappa shape index (κ1) is 18.2. The molecule has 2 rings (SSSR count). The number of aromatic amines is 1. The Kier molecular flexibility index (Phi) is 5.10. The van der Waals surface area contributed by atoms with Crippen molar-refractivity contribution in [2.24, 2.45) is 0 Å². The van der Waals surface area contributed by atoms with Gasteiger partial charge in [0.15, 0.2) is 0 Å². The summed E-state index contributed by atoms with van der Waals surface area (Å²) in [7, 11) is -2.09. The number of H-pyrrole nitrogens is 1. The van der Waals surface area contributed by atoms with E-state index in [-0.39, 0.29) is 18.0 Å². The van der Waals surface area contributed by atoms with Crippen molar-refractivity contribution in [3.05, 3.63) is 40.2 Å². The third-order valence-electron chi connectivity index (χ3n) is 3.71. The number of benzene rings is 1. The molecule has 1 amide bonds. The molecular formula is C16H21N3O4S. The van der Waals surface area contributed by atoms with E-state index in [1.807, 2.05) is 19.9 Å². The first-order valence-corrected chi connectivity index (χ1v) is 9.31. The number of aromatic nitrogens is 1. The number of carbonyl (C=O) groups is 1. The van der Waals surface area contributed by atoms with Gasteiger partial charge in [-0.3, -0.25) is 9.59 Å². The van der Waals surface area contributed by atoms with Crippen molar-refractivity contribution in [1.29, 1.82) is 0 Å². The van der Waals surface area contributed by atoms with Gasteiger partial charge in [0, 0.05) is 24.2 Å². The second-order valence-corrected chi connectivity index (χ2v) is 8.16. The average Bonchev–Trinajstić information content (AvgIpc) is 2.44.